The summed E-state index contributed by atoms with van der Waals surface area (Å²) in [6.07, 6.45) is 5.17. The van der Waals surface area contributed by atoms with Gasteiger partial charge < -0.3 is 15.2 Å². The number of fused-ring (bicyclic) bond motifs is 1. The molecule has 1 aliphatic heterocycles. The van der Waals surface area contributed by atoms with E-state index in [4.69, 9.17) is 0 Å². The number of anilines is 1. The van der Waals surface area contributed by atoms with E-state index in [2.05, 4.69) is 15.6 Å². The van der Waals surface area contributed by atoms with Crippen molar-refractivity contribution in [2.24, 2.45) is 0 Å². The van der Waals surface area contributed by atoms with E-state index >= 15 is 0 Å². The fourth-order valence-electron chi connectivity index (χ4n) is 2.90. The number of imidazole rings is 1. The lowest BCUT2D eigenvalue weighted by molar-refractivity contribution is 0.0935. The number of aryl methyl sites for hydroxylation is 1. The second kappa shape index (κ2) is 5.28. The number of aromatic nitrogens is 2. The van der Waals surface area contributed by atoms with Crippen LogP contribution in [0.4, 0.5) is 5.69 Å². The van der Waals surface area contributed by atoms with Crippen molar-refractivity contribution in [3.63, 3.8) is 0 Å². The molecule has 1 aromatic heterocycles. The Balaban J connectivity index is 1.63. The van der Waals surface area contributed by atoms with E-state index in [1.165, 1.54) is 0 Å². The third-order valence-electron chi connectivity index (χ3n) is 4.10. The van der Waals surface area contributed by atoms with Gasteiger partial charge in [0.05, 0.1) is 11.9 Å². The van der Waals surface area contributed by atoms with Gasteiger partial charge in [0.15, 0.2) is 0 Å². The summed E-state index contributed by atoms with van der Waals surface area (Å²) in [6, 6.07) is 13.9. The molecule has 2 heterocycles. The molecule has 0 saturated carbocycles. The highest BCUT2D eigenvalue weighted by atomic mass is 16.2. The van der Waals surface area contributed by atoms with Crippen LogP contribution in [0.1, 0.15) is 27.7 Å². The van der Waals surface area contributed by atoms with Crippen LogP contribution in [-0.2, 0) is 0 Å². The zero-order chi connectivity index (χ0) is 15.8. The molecule has 1 atom stereocenters. The zero-order valence-electron chi connectivity index (χ0n) is 12.7. The van der Waals surface area contributed by atoms with Gasteiger partial charge in [0.1, 0.15) is 6.17 Å². The standard InChI is InChI=1S/C18H16N4O/c1-12-3-2-4-15-16(12)18(23)21-17(20-15)13-5-7-14(8-6-13)22-10-9-19-11-22/h2-11,17,20H,1H3,(H,21,23). The summed E-state index contributed by atoms with van der Waals surface area (Å²) in [6.45, 7) is 1.94. The minimum atomic E-state index is -0.228. The van der Waals surface area contributed by atoms with Crippen molar-refractivity contribution in [1.29, 1.82) is 0 Å². The Hall–Kier alpha value is -3.08. The monoisotopic (exact) mass is 304 g/mol. The van der Waals surface area contributed by atoms with Crippen LogP contribution in [-0.4, -0.2) is 15.5 Å². The largest absolute Gasteiger partial charge is 0.361 e. The molecule has 114 valence electrons. The molecule has 4 rings (SSSR count). The minimum Gasteiger partial charge on any atom is -0.361 e. The maximum absolute atomic E-state index is 12.4. The van der Waals surface area contributed by atoms with Gasteiger partial charge in [0, 0.05) is 23.8 Å². The van der Waals surface area contributed by atoms with Gasteiger partial charge in [0.2, 0.25) is 0 Å². The Morgan fingerprint density at radius 2 is 1.91 bits per heavy atom. The van der Waals surface area contributed by atoms with Gasteiger partial charge in [-0.05, 0) is 36.2 Å². The third-order valence-corrected chi connectivity index (χ3v) is 4.10. The van der Waals surface area contributed by atoms with Crippen LogP contribution in [0.25, 0.3) is 5.69 Å². The quantitative estimate of drug-likeness (QED) is 0.765. The van der Waals surface area contributed by atoms with Crippen molar-refractivity contribution >= 4 is 11.6 Å². The lowest BCUT2D eigenvalue weighted by Crippen LogP contribution is -2.38. The maximum atomic E-state index is 12.4. The summed E-state index contributed by atoms with van der Waals surface area (Å²) < 4.78 is 1.94. The average molecular weight is 304 g/mol. The first kappa shape index (κ1) is 13.6. The first-order chi connectivity index (χ1) is 11.2. The van der Waals surface area contributed by atoms with E-state index < -0.39 is 0 Å². The normalized spacial score (nSPS) is 16.4. The second-order valence-electron chi connectivity index (χ2n) is 5.61. The molecule has 1 amide bonds. The zero-order valence-corrected chi connectivity index (χ0v) is 12.7. The highest BCUT2D eigenvalue weighted by Crippen LogP contribution is 2.28. The van der Waals surface area contributed by atoms with Gasteiger partial charge in [-0.25, -0.2) is 4.98 Å². The predicted molar refractivity (Wildman–Crippen MR) is 88.6 cm³/mol. The molecule has 0 saturated heterocycles. The molecule has 0 bridgehead atoms. The average Bonchev–Trinajstić information content (AvgIpc) is 3.09. The Morgan fingerprint density at radius 1 is 1.09 bits per heavy atom. The Morgan fingerprint density at radius 3 is 2.65 bits per heavy atom. The number of hydrogen-bond donors (Lipinski definition) is 2. The van der Waals surface area contributed by atoms with Crippen LogP contribution in [0.5, 0.6) is 0 Å². The molecule has 5 heteroatoms. The van der Waals surface area contributed by atoms with E-state index in [0.717, 1.165) is 28.1 Å². The van der Waals surface area contributed by atoms with Crippen molar-refractivity contribution in [2.45, 2.75) is 13.1 Å². The Kier molecular flexibility index (Phi) is 3.12. The van der Waals surface area contributed by atoms with Crippen LogP contribution in [0, 0.1) is 6.92 Å². The molecule has 1 unspecified atom stereocenters. The number of hydrogen-bond acceptors (Lipinski definition) is 3. The minimum absolute atomic E-state index is 0.0412. The van der Waals surface area contributed by atoms with Gasteiger partial charge in [-0.3, -0.25) is 4.79 Å². The van der Waals surface area contributed by atoms with E-state index in [1.54, 1.807) is 12.5 Å². The lowest BCUT2D eigenvalue weighted by Gasteiger charge is -2.29. The maximum Gasteiger partial charge on any atom is 0.255 e. The summed E-state index contributed by atoms with van der Waals surface area (Å²) >= 11 is 0. The van der Waals surface area contributed by atoms with E-state index in [1.807, 2.05) is 60.2 Å². The molecule has 5 nitrogen and oxygen atoms in total. The lowest BCUT2D eigenvalue weighted by atomic mass is 10.0. The Labute approximate surface area is 134 Å². The number of rotatable bonds is 2. The Bertz CT molecular complexity index is 853. The van der Waals surface area contributed by atoms with Gasteiger partial charge in [-0.2, -0.15) is 0 Å². The first-order valence-electron chi connectivity index (χ1n) is 7.48. The summed E-state index contributed by atoms with van der Waals surface area (Å²) in [5.74, 6) is -0.0412. The molecule has 0 spiro atoms. The fourth-order valence-corrected chi connectivity index (χ4v) is 2.90. The van der Waals surface area contributed by atoms with E-state index in [-0.39, 0.29) is 12.1 Å². The number of carbonyl (C=O) groups is 1. The smallest absolute Gasteiger partial charge is 0.255 e. The molecule has 2 N–H and O–H groups in total. The van der Waals surface area contributed by atoms with E-state index in [0.29, 0.717) is 0 Å². The molecular weight excluding hydrogens is 288 g/mol. The van der Waals surface area contributed by atoms with Crippen LogP contribution < -0.4 is 10.6 Å². The highest BCUT2D eigenvalue weighted by Gasteiger charge is 2.25. The molecular formula is C18H16N4O. The summed E-state index contributed by atoms with van der Waals surface area (Å²) in [4.78, 5) is 16.4. The topological polar surface area (TPSA) is 59.0 Å². The summed E-state index contributed by atoms with van der Waals surface area (Å²) in [7, 11) is 0. The van der Waals surface area contributed by atoms with Crippen molar-refractivity contribution in [1.82, 2.24) is 14.9 Å². The number of nitrogens with zero attached hydrogens (tertiary/aromatic N) is 2. The number of carbonyl (C=O) groups excluding carboxylic acids is 1. The van der Waals surface area contributed by atoms with Gasteiger partial charge >= 0.3 is 0 Å². The van der Waals surface area contributed by atoms with Gasteiger partial charge in [0.25, 0.3) is 5.91 Å². The van der Waals surface area contributed by atoms with Crippen molar-refractivity contribution in [2.75, 3.05) is 5.32 Å². The van der Waals surface area contributed by atoms with Gasteiger partial charge in [-0.15, -0.1) is 0 Å². The second-order valence-corrected chi connectivity index (χ2v) is 5.61. The fraction of sp³-hybridized carbons (Fsp3) is 0.111. The molecule has 1 aliphatic rings. The van der Waals surface area contributed by atoms with Crippen molar-refractivity contribution in [3.05, 3.63) is 77.9 Å². The van der Waals surface area contributed by atoms with Crippen LogP contribution >= 0.6 is 0 Å². The molecule has 0 fully saturated rings. The van der Waals surface area contributed by atoms with Crippen LogP contribution in [0.2, 0.25) is 0 Å². The van der Waals surface area contributed by atoms with Crippen LogP contribution in [0.3, 0.4) is 0 Å². The van der Waals surface area contributed by atoms with Crippen molar-refractivity contribution < 1.29 is 4.79 Å². The first-order valence-corrected chi connectivity index (χ1v) is 7.48. The summed E-state index contributed by atoms with van der Waals surface area (Å²) in [5, 5.41) is 6.40. The summed E-state index contributed by atoms with van der Waals surface area (Å²) in [5.41, 5.74) is 4.61. The third kappa shape index (κ3) is 2.36. The van der Waals surface area contributed by atoms with Crippen LogP contribution in [0.15, 0.2) is 61.2 Å². The predicted octanol–water partition coefficient (Wildman–Crippen LogP) is 3.03. The van der Waals surface area contributed by atoms with Crippen molar-refractivity contribution in [3.8, 4) is 5.69 Å². The molecule has 2 aromatic carbocycles. The molecule has 0 radical (unpaired) electrons. The number of amides is 1. The number of benzene rings is 2. The van der Waals surface area contributed by atoms with Gasteiger partial charge in [-0.1, -0.05) is 24.3 Å². The molecule has 0 aliphatic carbocycles. The number of nitrogens with one attached hydrogen (secondary N) is 2. The van der Waals surface area contributed by atoms with E-state index in [9.17, 15) is 4.79 Å². The SMILES string of the molecule is Cc1cccc2c1C(=O)NC(c1ccc(-n3ccnc3)cc1)N2. The highest BCUT2D eigenvalue weighted by molar-refractivity contribution is 6.03. The molecule has 23 heavy (non-hydrogen) atoms. The molecule has 3 aromatic rings.